The summed E-state index contributed by atoms with van der Waals surface area (Å²) in [6.45, 7) is 7.97. The molecular weight excluding hydrogens is 284 g/mol. The predicted octanol–water partition coefficient (Wildman–Crippen LogP) is 0.865. The van der Waals surface area contributed by atoms with Crippen LogP contribution in [-0.4, -0.2) is 52.9 Å². The predicted molar refractivity (Wildman–Crippen MR) is 79.6 cm³/mol. The summed E-state index contributed by atoms with van der Waals surface area (Å²) in [5.74, 6) is 0.0548. The quantitative estimate of drug-likeness (QED) is 0.900. The van der Waals surface area contributed by atoms with Gasteiger partial charge in [0.25, 0.3) is 0 Å². The molecule has 1 amide bonds. The van der Waals surface area contributed by atoms with Crippen LogP contribution in [0.3, 0.4) is 0 Å². The minimum absolute atomic E-state index is 0. The number of rotatable bonds is 3. The third kappa shape index (κ3) is 4.42. The lowest BCUT2D eigenvalue weighted by Crippen LogP contribution is -2.52. The third-order valence-corrected chi connectivity index (χ3v) is 3.95. The van der Waals surface area contributed by atoms with Crippen molar-refractivity contribution in [2.45, 2.75) is 26.4 Å². The number of nitrogens with zero attached hydrogens (tertiary/aromatic N) is 3. The second-order valence-electron chi connectivity index (χ2n) is 4.75. The number of carbonyl (C=O) groups excluding carboxylic acids is 1. The minimum Gasteiger partial charge on any atom is -0.339 e. The Morgan fingerprint density at radius 3 is 2.58 bits per heavy atom. The molecule has 0 saturated carbocycles. The Balaban J connectivity index is 0.00000180. The average Bonchev–Trinajstić information content (AvgIpc) is 2.75. The van der Waals surface area contributed by atoms with Crippen LogP contribution in [0, 0.1) is 6.92 Å². The van der Waals surface area contributed by atoms with Crippen LogP contribution in [0.1, 0.15) is 17.6 Å². The molecule has 2 rings (SSSR count). The van der Waals surface area contributed by atoms with E-state index in [0.717, 1.165) is 43.4 Å². The molecule has 108 valence electrons. The van der Waals surface area contributed by atoms with Gasteiger partial charge in [0.1, 0.15) is 0 Å². The summed E-state index contributed by atoms with van der Waals surface area (Å²) in [5.41, 5.74) is 6.74. The molecule has 0 radical (unpaired) electrons. The van der Waals surface area contributed by atoms with E-state index in [0.29, 0.717) is 0 Å². The summed E-state index contributed by atoms with van der Waals surface area (Å²) < 4.78 is 0. The molecule has 0 aliphatic carbocycles. The summed E-state index contributed by atoms with van der Waals surface area (Å²) in [7, 11) is 0. The Morgan fingerprint density at radius 1 is 1.47 bits per heavy atom. The van der Waals surface area contributed by atoms with E-state index in [2.05, 4.69) is 15.3 Å². The number of aryl methyl sites for hydroxylation is 1. The summed E-state index contributed by atoms with van der Waals surface area (Å²) in [6.07, 6.45) is 0. The standard InChI is InChI=1S/C12H20N4OS.ClH/c1-9(13)12(17)16-5-3-15(4-6-16)7-11-8-18-10(2)14-11;/h8-9H,3-7,13H2,1-2H3;1H. The van der Waals surface area contributed by atoms with E-state index >= 15 is 0 Å². The van der Waals surface area contributed by atoms with Gasteiger partial charge in [-0.3, -0.25) is 9.69 Å². The Labute approximate surface area is 124 Å². The zero-order chi connectivity index (χ0) is 13.1. The van der Waals surface area contributed by atoms with Crippen molar-refractivity contribution in [1.29, 1.82) is 0 Å². The van der Waals surface area contributed by atoms with Crippen LogP contribution in [0.4, 0.5) is 0 Å². The Bertz CT molecular complexity index is 416. The van der Waals surface area contributed by atoms with Crippen molar-refractivity contribution in [3.63, 3.8) is 0 Å². The normalized spacial score (nSPS) is 17.9. The van der Waals surface area contributed by atoms with Crippen molar-refractivity contribution in [2.24, 2.45) is 5.73 Å². The van der Waals surface area contributed by atoms with Gasteiger partial charge in [0, 0.05) is 38.1 Å². The van der Waals surface area contributed by atoms with Crippen LogP contribution in [-0.2, 0) is 11.3 Å². The first-order valence-electron chi connectivity index (χ1n) is 6.24. The number of amides is 1. The molecule has 7 heteroatoms. The zero-order valence-electron chi connectivity index (χ0n) is 11.3. The molecule has 19 heavy (non-hydrogen) atoms. The van der Waals surface area contributed by atoms with Gasteiger partial charge in [-0.2, -0.15) is 0 Å². The van der Waals surface area contributed by atoms with Gasteiger partial charge >= 0.3 is 0 Å². The lowest BCUT2D eigenvalue weighted by atomic mass is 10.2. The molecule has 1 saturated heterocycles. The lowest BCUT2D eigenvalue weighted by molar-refractivity contribution is -0.134. The van der Waals surface area contributed by atoms with Crippen molar-refractivity contribution in [3.8, 4) is 0 Å². The number of halogens is 1. The number of thiazole rings is 1. The summed E-state index contributed by atoms with van der Waals surface area (Å²) >= 11 is 1.68. The molecule has 1 unspecified atom stereocenters. The second-order valence-corrected chi connectivity index (χ2v) is 5.81. The van der Waals surface area contributed by atoms with Crippen LogP contribution in [0.15, 0.2) is 5.38 Å². The summed E-state index contributed by atoms with van der Waals surface area (Å²) in [6, 6.07) is -0.391. The molecule has 2 N–H and O–H groups in total. The van der Waals surface area contributed by atoms with Gasteiger partial charge in [-0.15, -0.1) is 23.7 Å². The number of hydrogen-bond acceptors (Lipinski definition) is 5. The van der Waals surface area contributed by atoms with Gasteiger partial charge in [-0.05, 0) is 13.8 Å². The molecule has 0 spiro atoms. The summed E-state index contributed by atoms with van der Waals surface area (Å²) in [5, 5.41) is 3.21. The highest BCUT2D eigenvalue weighted by molar-refractivity contribution is 7.09. The Kier molecular flexibility index (Phi) is 6.19. The molecule has 1 aliphatic heterocycles. The van der Waals surface area contributed by atoms with Crippen molar-refractivity contribution in [3.05, 3.63) is 16.1 Å². The third-order valence-electron chi connectivity index (χ3n) is 3.13. The molecule has 1 fully saturated rings. The van der Waals surface area contributed by atoms with E-state index in [1.807, 2.05) is 11.8 Å². The van der Waals surface area contributed by atoms with Crippen LogP contribution in [0.5, 0.6) is 0 Å². The lowest BCUT2D eigenvalue weighted by Gasteiger charge is -2.35. The van der Waals surface area contributed by atoms with Gasteiger partial charge in [-0.1, -0.05) is 0 Å². The number of carbonyl (C=O) groups is 1. The number of hydrogen-bond donors (Lipinski definition) is 1. The minimum atomic E-state index is -0.391. The molecule has 5 nitrogen and oxygen atoms in total. The number of piperazine rings is 1. The van der Waals surface area contributed by atoms with Gasteiger partial charge < -0.3 is 10.6 Å². The maximum Gasteiger partial charge on any atom is 0.239 e. The largest absolute Gasteiger partial charge is 0.339 e. The highest BCUT2D eigenvalue weighted by atomic mass is 35.5. The average molecular weight is 305 g/mol. The molecule has 1 aromatic rings. The first-order chi connectivity index (χ1) is 8.56. The second kappa shape index (κ2) is 7.19. The van der Waals surface area contributed by atoms with Crippen LogP contribution >= 0.6 is 23.7 Å². The maximum absolute atomic E-state index is 11.7. The van der Waals surface area contributed by atoms with Crippen molar-refractivity contribution >= 4 is 29.7 Å². The molecule has 1 aliphatic rings. The van der Waals surface area contributed by atoms with Crippen molar-refractivity contribution in [1.82, 2.24) is 14.8 Å². The first kappa shape index (κ1) is 16.4. The van der Waals surface area contributed by atoms with Gasteiger partial charge in [0.05, 0.1) is 16.7 Å². The molecule has 1 aromatic heterocycles. The number of nitrogens with two attached hydrogens (primary N) is 1. The van der Waals surface area contributed by atoms with Gasteiger partial charge in [-0.25, -0.2) is 4.98 Å². The fourth-order valence-electron chi connectivity index (χ4n) is 2.12. The van der Waals surface area contributed by atoms with Crippen LogP contribution < -0.4 is 5.73 Å². The molecule has 2 heterocycles. The van der Waals surface area contributed by atoms with Crippen LogP contribution in [0.25, 0.3) is 0 Å². The maximum atomic E-state index is 11.7. The molecular formula is C12H21ClN4OS. The van der Waals surface area contributed by atoms with Crippen molar-refractivity contribution in [2.75, 3.05) is 26.2 Å². The van der Waals surface area contributed by atoms with Gasteiger partial charge in [0.15, 0.2) is 0 Å². The SMILES string of the molecule is Cc1nc(CN2CCN(C(=O)C(C)N)CC2)cs1.Cl. The van der Waals surface area contributed by atoms with E-state index in [9.17, 15) is 4.79 Å². The smallest absolute Gasteiger partial charge is 0.239 e. The molecule has 1 atom stereocenters. The first-order valence-corrected chi connectivity index (χ1v) is 7.12. The van der Waals surface area contributed by atoms with Crippen LogP contribution in [0.2, 0.25) is 0 Å². The number of aromatic nitrogens is 1. The zero-order valence-corrected chi connectivity index (χ0v) is 13.0. The fraction of sp³-hybridized carbons (Fsp3) is 0.667. The Morgan fingerprint density at radius 2 is 2.11 bits per heavy atom. The highest BCUT2D eigenvalue weighted by Crippen LogP contribution is 2.12. The van der Waals surface area contributed by atoms with E-state index < -0.39 is 6.04 Å². The Hall–Kier alpha value is -0.690. The topological polar surface area (TPSA) is 62.5 Å². The van der Waals surface area contributed by atoms with Crippen molar-refractivity contribution < 1.29 is 4.79 Å². The van der Waals surface area contributed by atoms with E-state index in [-0.39, 0.29) is 18.3 Å². The summed E-state index contributed by atoms with van der Waals surface area (Å²) in [4.78, 5) is 20.4. The van der Waals surface area contributed by atoms with E-state index in [4.69, 9.17) is 5.73 Å². The molecule has 0 bridgehead atoms. The monoisotopic (exact) mass is 304 g/mol. The fourth-order valence-corrected chi connectivity index (χ4v) is 2.73. The van der Waals surface area contributed by atoms with Gasteiger partial charge in [0.2, 0.25) is 5.91 Å². The van der Waals surface area contributed by atoms with E-state index in [1.165, 1.54) is 0 Å². The van der Waals surface area contributed by atoms with E-state index in [1.54, 1.807) is 18.3 Å². The highest BCUT2D eigenvalue weighted by Gasteiger charge is 2.23. The molecule has 0 aromatic carbocycles.